The highest BCUT2D eigenvalue weighted by atomic mass is 33.1. The topological polar surface area (TPSA) is 99.9 Å². The number of aromatic nitrogens is 2. The third-order valence-electron chi connectivity index (χ3n) is 5.80. The molecule has 0 radical (unpaired) electrons. The molecular weight excluding hydrogens is 490 g/mol. The summed E-state index contributed by atoms with van der Waals surface area (Å²) in [4.78, 5) is 21.3. The minimum absolute atomic E-state index is 0.00346. The van der Waals surface area contributed by atoms with E-state index in [9.17, 15) is 10.1 Å². The number of anilines is 3. The third-order valence-corrected chi connectivity index (χ3v) is 8.36. The minimum Gasteiger partial charge on any atom is -0.455 e. The lowest BCUT2D eigenvalue weighted by Gasteiger charge is -2.15. The van der Waals surface area contributed by atoms with E-state index in [0.717, 1.165) is 45.1 Å². The smallest absolute Gasteiger partial charge is 0.229 e. The van der Waals surface area contributed by atoms with Crippen LogP contribution >= 0.6 is 21.6 Å². The van der Waals surface area contributed by atoms with Gasteiger partial charge in [0, 0.05) is 40.2 Å². The van der Waals surface area contributed by atoms with E-state index in [1.165, 1.54) is 0 Å². The van der Waals surface area contributed by atoms with E-state index in [2.05, 4.69) is 26.7 Å². The maximum absolute atomic E-state index is 12.6. The van der Waals surface area contributed by atoms with Crippen LogP contribution in [0.15, 0.2) is 60.9 Å². The normalized spacial score (nSPS) is 13.4. The van der Waals surface area contributed by atoms with Crippen LogP contribution in [0.4, 0.5) is 17.1 Å². The summed E-state index contributed by atoms with van der Waals surface area (Å²) in [5.41, 5.74) is 5.12. The van der Waals surface area contributed by atoms with Gasteiger partial charge in [-0.3, -0.25) is 14.8 Å². The van der Waals surface area contributed by atoms with Gasteiger partial charge in [0.25, 0.3) is 0 Å². The third kappa shape index (κ3) is 5.25. The van der Waals surface area contributed by atoms with Crippen molar-refractivity contribution in [2.24, 2.45) is 5.92 Å². The molecule has 7 nitrogen and oxygen atoms in total. The predicted octanol–water partition coefficient (Wildman–Crippen LogP) is 6.60. The molecule has 1 fully saturated rings. The molecule has 0 atom stereocenters. The van der Waals surface area contributed by atoms with Crippen molar-refractivity contribution in [1.82, 2.24) is 9.97 Å². The number of hydrogen-bond acceptors (Lipinski definition) is 8. The number of nitrogens with one attached hydrogen (secondary N) is 2. The molecule has 2 aromatic carbocycles. The minimum atomic E-state index is -0.00346. The number of benzene rings is 2. The number of carbonyl (C=O) groups is 1. The quantitative estimate of drug-likeness (QED) is 0.278. The van der Waals surface area contributed by atoms with Crippen molar-refractivity contribution in [2.45, 2.75) is 13.8 Å². The van der Waals surface area contributed by atoms with E-state index in [-0.39, 0.29) is 11.8 Å². The van der Waals surface area contributed by atoms with Crippen LogP contribution < -0.4 is 15.4 Å². The molecule has 4 aromatic rings. The average molecular weight is 514 g/mol. The maximum atomic E-state index is 12.6. The molecule has 1 amide bonds. The standard InChI is InChI=1S/C27H23N5O2S2/c1-16-9-20(5-8-25(16)34-22-6-3-17(2)29-13-22)31-26-18(11-28)12-30-24-7-4-21(10-23(24)26)32-27(33)19-14-35-36-15-19/h3-10,12-13,19H,14-15H2,1-2H3,(H,30,31)(H,32,33). The number of aryl methyl sites for hydroxylation is 2. The Kier molecular flexibility index (Phi) is 6.98. The van der Waals surface area contributed by atoms with Crippen LogP contribution in [0.5, 0.6) is 11.5 Å². The molecule has 0 unspecified atom stereocenters. The summed E-state index contributed by atoms with van der Waals surface area (Å²) in [5.74, 6) is 3.03. The molecule has 180 valence electrons. The lowest BCUT2D eigenvalue weighted by atomic mass is 10.1. The van der Waals surface area contributed by atoms with Crippen LogP contribution in [0.1, 0.15) is 16.8 Å². The van der Waals surface area contributed by atoms with Gasteiger partial charge in [0.05, 0.1) is 28.9 Å². The lowest BCUT2D eigenvalue weighted by molar-refractivity contribution is -0.118. The second-order valence-electron chi connectivity index (χ2n) is 8.49. The predicted molar refractivity (Wildman–Crippen MR) is 147 cm³/mol. The highest BCUT2D eigenvalue weighted by Gasteiger charge is 2.24. The molecule has 1 saturated heterocycles. The Morgan fingerprint density at radius 1 is 1.03 bits per heavy atom. The Balaban J connectivity index is 1.42. The zero-order chi connectivity index (χ0) is 25.1. The van der Waals surface area contributed by atoms with Gasteiger partial charge in [-0.15, -0.1) is 0 Å². The maximum Gasteiger partial charge on any atom is 0.229 e. The van der Waals surface area contributed by atoms with E-state index in [0.29, 0.717) is 22.7 Å². The van der Waals surface area contributed by atoms with E-state index in [1.807, 2.05) is 62.4 Å². The van der Waals surface area contributed by atoms with Crippen molar-refractivity contribution in [3.63, 3.8) is 0 Å². The van der Waals surface area contributed by atoms with Crippen LogP contribution in [-0.4, -0.2) is 27.4 Å². The van der Waals surface area contributed by atoms with Gasteiger partial charge < -0.3 is 15.4 Å². The second-order valence-corrected chi connectivity index (χ2v) is 11.0. The molecule has 0 spiro atoms. The summed E-state index contributed by atoms with van der Waals surface area (Å²) in [5, 5.41) is 16.9. The van der Waals surface area contributed by atoms with Crippen molar-refractivity contribution in [3.05, 3.63) is 77.7 Å². The first-order valence-electron chi connectivity index (χ1n) is 11.4. The summed E-state index contributed by atoms with van der Waals surface area (Å²) in [6.45, 7) is 3.89. The molecule has 9 heteroatoms. The van der Waals surface area contributed by atoms with Crippen LogP contribution in [0.2, 0.25) is 0 Å². The number of fused-ring (bicyclic) bond motifs is 1. The number of carbonyl (C=O) groups excluding carboxylic acids is 1. The van der Waals surface area contributed by atoms with E-state index >= 15 is 0 Å². The van der Waals surface area contributed by atoms with Gasteiger partial charge in [-0.2, -0.15) is 5.26 Å². The molecular formula is C27H23N5O2S2. The Morgan fingerprint density at radius 2 is 1.83 bits per heavy atom. The molecule has 36 heavy (non-hydrogen) atoms. The fourth-order valence-electron chi connectivity index (χ4n) is 3.82. The number of ether oxygens (including phenoxy) is 1. The monoisotopic (exact) mass is 513 g/mol. The number of amides is 1. The lowest BCUT2D eigenvalue weighted by Crippen LogP contribution is -2.24. The Bertz CT molecular complexity index is 1480. The largest absolute Gasteiger partial charge is 0.455 e. The highest BCUT2D eigenvalue weighted by Crippen LogP contribution is 2.36. The van der Waals surface area contributed by atoms with Crippen LogP contribution in [-0.2, 0) is 4.79 Å². The van der Waals surface area contributed by atoms with E-state index in [1.54, 1.807) is 34.0 Å². The van der Waals surface area contributed by atoms with Crippen molar-refractivity contribution >= 4 is 55.5 Å². The van der Waals surface area contributed by atoms with E-state index in [4.69, 9.17) is 4.74 Å². The fourth-order valence-corrected chi connectivity index (χ4v) is 6.59. The number of rotatable bonds is 6. The zero-order valence-corrected chi connectivity index (χ0v) is 21.4. The van der Waals surface area contributed by atoms with Gasteiger partial charge in [0.15, 0.2) is 0 Å². The summed E-state index contributed by atoms with van der Waals surface area (Å²) in [6, 6.07) is 17.3. The molecule has 1 aliphatic heterocycles. The van der Waals surface area contributed by atoms with Crippen LogP contribution in [0.3, 0.4) is 0 Å². The van der Waals surface area contributed by atoms with Crippen molar-refractivity contribution < 1.29 is 9.53 Å². The number of pyridine rings is 2. The first-order chi connectivity index (χ1) is 17.5. The second kappa shape index (κ2) is 10.5. The molecule has 3 heterocycles. The number of nitrogens with zero attached hydrogens (tertiary/aromatic N) is 3. The molecule has 0 aliphatic carbocycles. The molecule has 1 aliphatic rings. The zero-order valence-electron chi connectivity index (χ0n) is 19.7. The fraction of sp³-hybridized carbons (Fsp3) is 0.185. The summed E-state index contributed by atoms with van der Waals surface area (Å²) in [7, 11) is 3.45. The highest BCUT2D eigenvalue weighted by molar-refractivity contribution is 8.77. The molecule has 2 aromatic heterocycles. The molecule has 5 rings (SSSR count). The number of nitriles is 1. The summed E-state index contributed by atoms with van der Waals surface area (Å²) < 4.78 is 5.98. The average Bonchev–Trinajstić information content (AvgIpc) is 3.43. The van der Waals surface area contributed by atoms with Gasteiger partial charge in [0.1, 0.15) is 17.6 Å². The van der Waals surface area contributed by atoms with Gasteiger partial charge in [-0.1, -0.05) is 21.6 Å². The molecule has 2 N–H and O–H groups in total. The first-order valence-corrected chi connectivity index (χ1v) is 13.9. The van der Waals surface area contributed by atoms with Gasteiger partial charge >= 0.3 is 0 Å². The van der Waals surface area contributed by atoms with Crippen LogP contribution in [0, 0.1) is 31.1 Å². The summed E-state index contributed by atoms with van der Waals surface area (Å²) >= 11 is 0. The van der Waals surface area contributed by atoms with Gasteiger partial charge in [-0.05, 0) is 67.9 Å². The van der Waals surface area contributed by atoms with Crippen molar-refractivity contribution in [2.75, 3.05) is 22.1 Å². The SMILES string of the molecule is Cc1ccc(Oc2ccc(Nc3c(C#N)cnc4ccc(NC(=O)C5CSSC5)cc34)cc2C)cn1. The Labute approximate surface area is 217 Å². The molecule has 0 bridgehead atoms. The van der Waals surface area contributed by atoms with Gasteiger partial charge in [-0.25, -0.2) is 0 Å². The molecule has 0 saturated carbocycles. The van der Waals surface area contributed by atoms with E-state index < -0.39 is 0 Å². The van der Waals surface area contributed by atoms with Crippen LogP contribution in [0.25, 0.3) is 10.9 Å². The van der Waals surface area contributed by atoms with Crippen molar-refractivity contribution in [3.8, 4) is 17.6 Å². The Morgan fingerprint density at radius 3 is 2.56 bits per heavy atom. The van der Waals surface area contributed by atoms with Crippen molar-refractivity contribution in [1.29, 1.82) is 5.26 Å². The Hall–Kier alpha value is -3.74. The first kappa shape index (κ1) is 24.0. The number of hydrogen-bond donors (Lipinski definition) is 2. The van der Waals surface area contributed by atoms with Gasteiger partial charge in [0.2, 0.25) is 5.91 Å². The summed E-state index contributed by atoms with van der Waals surface area (Å²) in [6.07, 6.45) is 3.26.